The number of fused-ring (bicyclic) bond motifs is 1. The van der Waals surface area contributed by atoms with Gasteiger partial charge in [0, 0.05) is 11.3 Å². The number of thioether (sulfide) groups is 1. The monoisotopic (exact) mass is 478 g/mol. The van der Waals surface area contributed by atoms with Crippen molar-refractivity contribution in [2.24, 2.45) is 5.92 Å². The predicted molar refractivity (Wildman–Crippen MR) is 125 cm³/mol. The number of aromatic nitrogens is 1. The second-order valence-electron chi connectivity index (χ2n) is 9.34. The molecular formula is C22H30N4O4S2. The van der Waals surface area contributed by atoms with Crippen molar-refractivity contribution in [3.63, 3.8) is 0 Å². The number of thiazole rings is 1. The second kappa shape index (κ2) is 8.70. The van der Waals surface area contributed by atoms with Gasteiger partial charge in [0.05, 0.1) is 22.2 Å². The van der Waals surface area contributed by atoms with Crippen molar-refractivity contribution < 1.29 is 19.5 Å². The van der Waals surface area contributed by atoms with Crippen molar-refractivity contribution in [1.82, 2.24) is 15.2 Å². The van der Waals surface area contributed by atoms with Gasteiger partial charge in [0.25, 0.3) is 0 Å². The van der Waals surface area contributed by atoms with Gasteiger partial charge in [-0.2, -0.15) is 0 Å². The predicted octanol–water partition coefficient (Wildman–Crippen LogP) is 3.32. The number of anilines is 1. The fourth-order valence-corrected chi connectivity index (χ4v) is 7.49. The molecule has 2 saturated heterocycles. The molecule has 2 aliphatic heterocycles. The van der Waals surface area contributed by atoms with Crippen LogP contribution in [0.3, 0.4) is 0 Å². The fourth-order valence-electron chi connectivity index (χ4n) is 5.15. The van der Waals surface area contributed by atoms with E-state index in [-0.39, 0.29) is 17.2 Å². The first-order valence-electron chi connectivity index (χ1n) is 11.1. The SMILES string of the molecule is CC1(C)S[C@@H]2CC(=O)N2[C@@]1(NC(=O)/C=C\C1CCCC[C@H](c2csc(N)n2)CC1)C(=O)O. The third kappa shape index (κ3) is 4.03. The van der Waals surface area contributed by atoms with Crippen LogP contribution < -0.4 is 11.1 Å². The van der Waals surface area contributed by atoms with Crippen molar-refractivity contribution >= 4 is 46.0 Å². The van der Waals surface area contributed by atoms with Gasteiger partial charge in [-0.3, -0.25) is 14.5 Å². The molecule has 3 fully saturated rings. The molecule has 1 unspecified atom stereocenters. The number of allylic oxidation sites excluding steroid dienone is 1. The first-order chi connectivity index (χ1) is 15.1. The van der Waals surface area contributed by atoms with Gasteiger partial charge >= 0.3 is 5.97 Å². The number of nitrogens with zero attached hydrogens (tertiary/aromatic N) is 2. The van der Waals surface area contributed by atoms with Crippen LogP contribution in [-0.4, -0.2) is 48.6 Å². The highest BCUT2D eigenvalue weighted by Gasteiger charge is 2.70. The van der Waals surface area contributed by atoms with Gasteiger partial charge in [-0.1, -0.05) is 18.9 Å². The highest BCUT2D eigenvalue weighted by molar-refractivity contribution is 8.01. The molecule has 0 spiro atoms. The Morgan fingerprint density at radius 3 is 2.69 bits per heavy atom. The summed E-state index contributed by atoms with van der Waals surface area (Å²) in [4.78, 5) is 43.1. The van der Waals surface area contributed by atoms with Crippen LogP contribution in [-0.2, 0) is 14.4 Å². The quantitative estimate of drug-likeness (QED) is 0.438. The molecule has 32 heavy (non-hydrogen) atoms. The summed E-state index contributed by atoms with van der Waals surface area (Å²) >= 11 is 2.89. The Bertz CT molecular complexity index is 946. The number of nitrogen functional groups attached to an aromatic ring is 1. The summed E-state index contributed by atoms with van der Waals surface area (Å²) in [6, 6.07) is 0. The number of carboxylic acid groups (broad SMARTS) is 1. The van der Waals surface area contributed by atoms with Gasteiger partial charge in [-0.15, -0.1) is 23.1 Å². The minimum absolute atomic E-state index is 0.208. The first kappa shape index (κ1) is 23.1. The highest BCUT2D eigenvalue weighted by atomic mass is 32.2. The van der Waals surface area contributed by atoms with Gasteiger partial charge in [0.15, 0.2) is 5.13 Å². The molecule has 3 heterocycles. The molecule has 4 atom stereocenters. The third-order valence-corrected chi connectivity index (χ3v) is 9.15. The van der Waals surface area contributed by atoms with Crippen molar-refractivity contribution in [3.8, 4) is 0 Å². The van der Waals surface area contributed by atoms with E-state index in [0.29, 0.717) is 17.5 Å². The van der Waals surface area contributed by atoms with Crippen LogP contribution in [0.15, 0.2) is 17.5 Å². The van der Waals surface area contributed by atoms with Crippen molar-refractivity contribution in [2.75, 3.05) is 5.73 Å². The maximum atomic E-state index is 12.8. The van der Waals surface area contributed by atoms with E-state index < -0.39 is 22.3 Å². The average Bonchev–Trinajstić information content (AvgIpc) is 3.18. The number of carbonyl (C=O) groups excluding carboxylic acids is 2. The smallest absolute Gasteiger partial charge is 0.352 e. The van der Waals surface area contributed by atoms with Gasteiger partial charge < -0.3 is 16.2 Å². The lowest BCUT2D eigenvalue weighted by Gasteiger charge is -2.46. The number of hydrogen-bond acceptors (Lipinski definition) is 7. The summed E-state index contributed by atoms with van der Waals surface area (Å²) < 4.78 is -0.845. The van der Waals surface area contributed by atoms with Crippen molar-refractivity contribution in [3.05, 3.63) is 23.2 Å². The van der Waals surface area contributed by atoms with Crippen molar-refractivity contribution in [2.45, 2.75) is 80.5 Å². The molecule has 2 amide bonds. The van der Waals surface area contributed by atoms with E-state index in [1.165, 1.54) is 34.1 Å². The van der Waals surface area contributed by atoms with E-state index in [1.54, 1.807) is 13.8 Å². The van der Waals surface area contributed by atoms with E-state index in [0.717, 1.165) is 44.2 Å². The Kier molecular flexibility index (Phi) is 6.28. The van der Waals surface area contributed by atoms with Crippen LogP contribution in [0.1, 0.15) is 70.4 Å². The molecule has 1 aromatic rings. The zero-order valence-corrected chi connectivity index (χ0v) is 20.0. The molecule has 4 rings (SSSR count). The minimum atomic E-state index is -1.74. The maximum absolute atomic E-state index is 12.8. The zero-order chi connectivity index (χ0) is 23.1. The molecule has 0 radical (unpaired) electrons. The molecule has 1 aliphatic carbocycles. The minimum Gasteiger partial charge on any atom is -0.478 e. The molecule has 10 heteroatoms. The zero-order valence-electron chi connectivity index (χ0n) is 18.4. The number of carboxylic acids is 1. The van der Waals surface area contributed by atoms with E-state index in [4.69, 9.17) is 5.73 Å². The van der Waals surface area contributed by atoms with Crippen LogP contribution in [0.2, 0.25) is 0 Å². The van der Waals surface area contributed by atoms with Crippen LogP contribution in [0.5, 0.6) is 0 Å². The number of rotatable bonds is 5. The van der Waals surface area contributed by atoms with Gasteiger partial charge in [0.2, 0.25) is 17.5 Å². The molecule has 4 N–H and O–H groups in total. The number of nitrogens with one attached hydrogen (secondary N) is 1. The van der Waals surface area contributed by atoms with Crippen molar-refractivity contribution in [1.29, 1.82) is 0 Å². The van der Waals surface area contributed by atoms with Gasteiger partial charge in [-0.05, 0) is 51.5 Å². The number of aliphatic carboxylic acids is 1. The van der Waals surface area contributed by atoms with E-state index >= 15 is 0 Å². The van der Waals surface area contributed by atoms with Crippen LogP contribution in [0.4, 0.5) is 5.13 Å². The molecule has 1 aromatic heterocycles. The lowest BCUT2D eigenvalue weighted by molar-refractivity contribution is -0.172. The van der Waals surface area contributed by atoms with E-state index in [2.05, 4.69) is 10.3 Å². The highest BCUT2D eigenvalue weighted by Crippen LogP contribution is 2.55. The average molecular weight is 479 g/mol. The number of nitrogens with two attached hydrogens (primary N) is 1. The number of amides is 2. The Balaban J connectivity index is 1.43. The molecule has 174 valence electrons. The molecule has 0 aromatic carbocycles. The maximum Gasteiger partial charge on any atom is 0.352 e. The molecule has 3 aliphatic rings. The topological polar surface area (TPSA) is 126 Å². The number of carbonyl (C=O) groups is 3. The second-order valence-corrected chi connectivity index (χ2v) is 12.0. The van der Waals surface area contributed by atoms with E-state index in [1.807, 2.05) is 11.5 Å². The molecule has 0 bridgehead atoms. The van der Waals surface area contributed by atoms with E-state index in [9.17, 15) is 19.5 Å². The fraction of sp³-hybridized carbons (Fsp3) is 0.636. The van der Waals surface area contributed by atoms with Crippen LogP contribution in [0, 0.1) is 5.92 Å². The molecule has 8 nitrogen and oxygen atoms in total. The van der Waals surface area contributed by atoms with Crippen LogP contribution in [0.25, 0.3) is 0 Å². The Morgan fingerprint density at radius 2 is 2.03 bits per heavy atom. The van der Waals surface area contributed by atoms with Gasteiger partial charge in [0.1, 0.15) is 0 Å². The summed E-state index contributed by atoms with van der Waals surface area (Å²) in [5.74, 6) is -1.30. The summed E-state index contributed by atoms with van der Waals surface area (Å²) in [7, 11) is 0. The normalized spacial score (nSPS) is 32.1. The standard InChI is InChI=1S/C22H30N4O4S2/c1-21(2)22(19(29)30,26-17(28)11-18(26)32-21)25-16(27)10-8-13-5-3-4-6-14(9-7-13)15-12-31-20(23)24-15/h8,10,12-14,18H,3-7,9,11H2,1-2H3,(H2,23,24)(H,25,27)(H,29,30)/b10-8-/t13?,14-,18+,22-/m0/s1. The van der Waals surface area contributed by atoms with Gasteiger partial charge in [-0.25, -0.2) is 9.78 Å². The van der Waals surface area contributed by atoms with Crippen LogP contribution >= 0.6 is 23.1 Å². The number of hydrogen-bond donors (Lipinski definition) is 3. The third-order valence-electron chi connectivity index (χ3n) is 6.92. The Morgan fingerprint density at radius 1 is 1.28 bits per heavy atom. The largest absolute Gasteiger partial charge is 0.478 e. The number of β-lactam (4-membered cyclic amide) rings is 1. The lowest BCUT2D eigenvalue weighted by Crippen LogP contribution is -2.74. The lowest BCUT2D eigenvalue weighted by atomic mass is 9.84. The Hall–Kier alpha value is -2.07. The Labute approximate surface area is 196 Å². The molecule has 1 saturated carbocycles. The summed E-state index contributed by atoms with van der Waals surface area (Å²) in [6.07, 6.45) is 9.83. The summed E-state index contributed by atoms with van der Waals surface area (Å²) in [5.41, 5.74) is 5.12. The molecular weight excluding hydrogens is 448 g/mol. The first-order valence-corrected chi connectivity index (χ1v) is 12.8. The summed E-state index contributed by atoms with van der Waals surface area (Å²) in [6.45, 7) is 3.53. The summed E-state index contributed by atoms with van der Waals surface area (Å²) in [5, 5.41) is 15.2.